The summed E-state index contributed by atoms with van der Waals surface area (Å²) in [6, 6.07) is 9.71. The molecule has 6 aliphatic rings. The van der Waals surface area contributed by atoms with Crippen LogP contribution < -0.4 is 0 Å². The van der Waals surface area contributed by atoms with Gasteiger partial charge in [-0.25, -0.2) is 0 Å². The van der Waals surface area contributed by atoms with Crippen LogP contribution in [0.4, 0.5) is 0 Å². The van der Waals surface area contributed by atoms with Crippen LogP contribution in [0.25, 0.3) is 0 Å². The molecule has 37 heavy (non-hydrogen) atoms. The molecular weight excluding hydrogens is 472 g/mol. The van der Waals surface area contributed by atoms with Crippen molar-refractivity contribution in [3.63, 3.8) is 0 Å². The Morgan fingerprint density at radius 1 is 1.16 bits per heavy atom. The first-order valence-electron chi connectivity index (χ1n) is 13.2. The molecule has 3 aliphatic carbocycles. The summed E-state index contributed by atoms with van der Waals surface area (Å²) in [4.78, 5) is 14.4. The van der Waals surface area contributed by atoms with Crippen LogP contribution in [0.5, 0.6) is 0 Å². The number of benzene rings is 1. The molecule has 8 unspecified atom stereocenters. The Morgan fingerprint density at radius 3 is 2.46 bits per heavy atom. The van der Waals surface area contributed by atoms with Gasteiger partial charge in [0, 0.05) is 11.8 Å². The highest BCUT2D eigenvalue weighted by molar-refractivity contribution is 6.02. The van der Waals surface area contributed by atoms with Crippen molar-refractivity contribution < 1.29 is 34.0 Å². The summed E-state index contributed by atoms with van der Waals surface area (Å²) in [6.45, 7) is 15.3. The molecule has 0 aromatic heterocycles. The van der Waals surface area contributed by atoms with E-state index in [0.717, 1.165) is 11.1 Å². The third-order valence-electron chi connectivity index (χ3n) is 10.3. The largest absolute Gasteiger partial charge is 0.386 e. The molecule has 200 valence electrons. The number of aliphatic hydroxyl groups excluding tert-OH is 1. The van der Waals surface area contributed by atoms with E-state index in [9.17, 15) is 15.0 Å². The molecule has 0 amide bonds. The van der Waals surface area contributed by atoms with Crippen LogP contribution in [0, 0.1) is 10.8 Å². The first kappa shape index (κ1) is 25.4. The second-order valence-corrected chi connectivity index (χ2v) is 12.6. The van der Waals surface area contributed by atoms with Crippen molar-refractivity contribution in [3.8, 4) is 0 Å². The number of Topliss-reactive ketones (excluding diaryl/α,β-unsaturated/α-hetero) is 1. The van der Waals surface area contributed by atoms with Crippen molar-refractivity contribution in [2.45, 2.75) is 107 Å². The molecule has 1 aromatic carbocycles. The van der Waals surface area contributed by atoms with Crippen molar-refractivity contribution in [1.29, 1.82) is 0 Å². The van der Waals surface area contributed by atoms with Gasteiger partial charge in [-0.3, -0.25) is 4.79 Å². The van der Waals surface area contributed by atoms with Gasteiger partial charge in [0.25, 0.3) is 0 Å². The van der Waals surface area contributed by atoms with Gasteiger partial charge in [0.1, 0.15) is 11.7 Å². The highest BCUT2D eigenvalue weighted by Crippen LogP contribution is 2.90. The number of ketones is 1. The molecule has 7 heteroatoms. The van der Waals surface area contributed by atoms with Crippen LogP contribution in [-0.2, 0) is 30.3 Å². The Labute approximate surface area is 218 Å². The molecule has 0 radical (unpaired) electrons. The zero-order valence-corrected chi connectivity index (χ0v) is 22.6. The van der Waals surface area contributed by atoms with Crippen LogP contribution in [0.3, 0.4) is 0 Å². The fourth-order valence-corrected chi connectivity index (χ4v) is 9.07. The predicted molar refractivity (Wildman–Crippen MR) is 135 cm³/mol. The zero-order chi connectivity index (χ0) is 26.9. The smallest absolute Gasteiger partial charge is 0.197 e. The number of allylic oxidation sites excluding steroid dienone is 2. The quantitative estimate of drug-likeness (QED) is 0.536. The number of carbonyl (C=O) groups excluding carboxylic acids is 1. The molecule has 3 saturated heterocycles. The minimum Gasteiger partial charge on any atom is -0.386 e. The lowest BCUT2D eigenvalue weighted by molar-refractivity contribution is -0.377. The van der Waals surface area contributed by atoms with Crippen molar-refractivity contribution in [2.75, 3.05) is 0 Å². The molecule has 3 aliphatic heterocycles. The second-order valence-electron chi connectivity index (χ2n) is 12.6. The van der Waals surface area contributed by atoms with Gasteiger partial charge in [0.05, 0.1) is 12.0 Å². The Balaban J connectivity index is 1.65. The Morgan fingerprint density at radius 2 is 1.84 bits per heavy atom. The summed E-state index contributed by atoms with van der Waals surface area (Å²) in [7, 11) is 0. The molecule has 2 N–H and O–H groups in total. The first-order valence-corrected chi connectivity index (χ1v) is 13.2. The molecule has 1 spiro atoms. The number of rotatable bonds is 7. The van der Waals surface area contributed by atoms with Gasteiger partial charge >= 0.3 is 0 Å². The van der Waals surface area contributed by atoms with E-state index in [1.54, 1.807) is 13.8 Å². The lowest BCUT2D eigenvalue weighted by Crippen LogP contribution is -2.71. The predicted octanol–water partition coefficient (Wildman–Crippen LogP) is 3.97. The maximum absolute atomic E-state index is 14.4. The number of carbonyl (C=O) groups is 1. The number of aliphatic hydroxyl groups is 2. The molecule has 1 aromatic rings. The highest BCUT2D eigenvalue weighted by atomic mass is 16.8. The topological polar surface area (TPSA) is 94.5 Å². The van der Waals surface area contributed by atoms with Crippen molar-refractivity contribution >= 4 is 5.78 Å². The maximum atomic E-state index is 14.4. The monoisotopic (exact) mass is 510 g/mol. The third-order valence-corrected chi connectivity index (χ3v) is 10.3. The van der Waals surface area contributed by atoms with E-state index in [0.29, 0.717) is 6.42 Å². The highest BCUT2D eigenvalue weighted by Gasteiger charge is 3.09. The molecule has 7 nitrogen and oxygen atoms in total. The van der Waals surface area contributed by atoms with E-state index in [4.69, 9.17) is 18.9 Å². The lowest BCUT2D eigenvalue weighted by Gasteiger charge is -2.59. The maximum Gasteiger partial charge on any atom is 0.197 e. The number of hydrogen-bond donors (Lipinski definition) is 2. The van der Waals surface area contributed by atoms with Crippen molar-refractivity contribution in [3.05, 3.63) is 60.2 Å². The summed E-state index contributed by atoms with van der Waals surface area (Å²) in [6.07, 6.45) is 3.12. The molecule has 6 fully saturated rings. The minimum absolute atomic E-state index is 0.152. The summed E-state index contributed by atoms with van der Waals surface area (Å²) in [5, 5.41) is 24.7. The van der Waals surface area contributed by atoms with Crippen molar-refractivity contribution in [2.24, 2.45) is 10.8 Å². The lowest BCUT2D eigenvalue weighted by atomic mass is 9.54. The van der Waals surface area contributed by atoms with E-state index in [1.807, 2.05) is 70.2 Å². The average molecular weight is 511 g/mol. The SMILES string of the molecule is C=C(C)CCC1(O)C2(C)CC3(OCc4ccccc4)OC1(/C=C\C)C14OC(C)(C)OC21C(=O)C(O)C34C. The van der Waals surface area contributed by atoms with Gasteiger partial charge < -0.3 is 29.2 Å². The summed E-state index contributed by atoms with van der Waals surface area (Å²) in [5.41, 5.74) is -7.01. The number of ether oxygens (including phenoxy) is 4. The summed E-state index contributed by atoms with van der Waals surface area (Å²) in [5.74, 6) is -3.06. The first-order chi connectivity index (χ1) is 17.2. The molecule has 6 bridgehead atoms. The van der Waals surface area contributed by atoms with E-state index < -0.39 is 56.7 Å². The molecule has 3 saturated carbocycles. The van der Waals surface area contributed by atoms with Crippen LogP contribution in [0.15, 0.2) is 54.6 Å². The van der Waals surface area contributed by atoms with E-state index >= 15 is 0 Å². The summed E-state index contributed by atoms with van der Waals surface area (Å²) >= 11 is 0. The van der Waals surface area contributed by atoms with Gasteiger partial charge in [-0.15, -0.1) is 6.58 Å². The van der Waals surface area contributed by atoms with Gasteiger partial charge in [0.2, 0.25) is 0 Å². The van der Waals surface area contributed by atoms with E-state index in [1.165, 1.54) is 0 Å². The third kappa shape index (κ3) is 2.25. The van der Waals surface area contributed by atoms with Crippen LogP contribution in [-0.4, -0.2) is 56.1 Å². The number of hydrogen-bond acceptors (Lipinski definition) is 7. The van der Waals surface area contributed by atoms with Crippen molar-refractivity contribution in [1.82, 2.24) is 0 Å². The normalized spacial score (nSPS) is 50.4. The van der Waals surface area contributed by atoms with Crippen LogP contribution in [0.1, 0.15) is 66.4 Å². The fourth-order valence-electron chi connectivity index (χ4n) is 9.07. The molecule has 3 heterocycles. The Bertz CT molecular complexity index is 1230. The van der Waals surface area contributed by atoms with E-state index in [2.05, 4.69) is 6.58 Å². The van der Waals surface area contributed by atoms with Crippen LogP contribution in [0.2, 0.25) is 0 Å². The Hall–Kier alpha value is -1.87. The van der Waals surface area contributed by atoms with Crippen LogP contribution >= 0.6 is 0 Å². The van der Waals surface area contributed by atoms with Gasteiger partial charge in [-0.05, 0) is 53.0 Å². The van der Waals surface area contributed by atoms with Gasteiger partial charge in [-0.2, -0.15) is 0 Å². The van der Waals surface area contributed by atoms with E-state index in [-0.39, 0.29) is 19.4 Å². The molecular formula is C30H38O7. The standard InChI is InChI=1S/C30H38O7/c1-8-15-27-26(33,16-14-19(2)3)24(6)18-28(37-27,34-17-20-12-10-9-11-13-20)25(7)21(31)22(32)29(24)30(25,27)36-23(4,5)35-29/h8-13,15,21,31,33H,2,14,16-18H2,1,3-7H3/b15-8-. The fraction of sp³-hybridized carbons (Fsp3) is 0.633. The average Bonchev–Trinajstić information content (AvgIpc) is 3.27. The Kier molecular flexibility index (Phi) is 4.81. The zero-order valence-electron chi connectivity index (χ0n) is 22.6. The second kappa shape index (κ2) is 7.00. The molecule has 8 atom stereocenters. The van der Waals surface area contributed by atoms with Gasteiger partial charge in [-0.1, -0.05) is 55.0 Å². The molecule has 7 rings (SSSR count). The minimum atomic E-state index is -1.64. The van der Waals surface area contributed by atoms with Gasteiger partial charge in [0.15, 0.2) is 34.2 Å². The summed E-state index contributed by atoms with van der Waals surface area (Å²) < 4.78 is 27.3.